The molecule has 0 aliphatic carbocycles. The van der Waals surface area contributed by atoms with Gasteiger partial charge >= 0.3 is 0 Å². The highest BCUT2D eigenvalue weighted by atomic mass is 127. The van der Waals surface area contributed by atoms with Crippen LogP contribution in [-0.2, 0) is 17.8 Å². The number of halogens is 2. The quantitative estimate of drug-likeness (QED) is 0.146. The number of aromatic nitrogens is 1. The average Bonchev–Trinajstić information content (AvgIpc) is 3.26. The van der Waals surface area contributed by atoms with Crippen LogP contribution < -0.4 is 10.1 Å². The molecule has 34 heavy (non-hydrogen) atoms. The Balaban J connectivity index is 1.37. The molecule has 1 amide bonds. The molecule has 170 valence electrons. The fraction of sp³-hybridized carbons (Fsp3) is 0.111. The molecule has 4 aromatic rings. The number of nitriles is 1. The molecular weight excluding hydrogens is 561 g/mol. The van der Waals surface area contributed by atoms with Crippen molar-refractivity contribution in [2.75, 3.05) is 6.54 Å². The first-order valence-corrected chi connectivity index (χ1v) is 12.1. The summed E-state index contributed by atoms with van der Waals surface area (Å²) in [5, 5.41) is 14.2. The molecule has 0 saturated carbocycles. The number of ether oxygens (including phenoxy) is 1. The Morgan fingerprint density at radius 2 is 1.91 bits per heavy atom. The maximum Gasteiger partial charge on any atom is 0.261 e. The first kappa shape index (κ1) is 23.9. The summed E-state index contributed by atoms with van der Waals surface area (Å²) in [5.41, 5.74) is 3.90. The number of hydrogen-bond donors (Lipinski definition) is 2. The number of nitrogens with one attached hydrogen (secondary N) is 2. The maximum absolute atomic E-state index is 12.6. The summed E-state index contributed by atoms with van der Waals surface area (Å²) in [4.78, 5) is 15.8. The molecule has 0 aliphatic heterocycles. The highest BCUT2D eigenvalue weighted by Gasteiger charge is 2.11. The van der Waals surface area contributed by atoms with Gasteiger partial charge in [0.2, 0.25) is 0 Å². The molecule has 0 atom stereocenters. The lowest BCUT2D eigenvalue weighted by Gasteiger charge is -2.10. The Labute approximate surface area is 216 Å². The van der Waals surface area contributed by atoms with E-state index in [1.165, 1.54) is 0 Å². The van der Waals surface area contributed by atoms with Gasteiger partial charge in [0.1, 0.15) is 24.0 Å². The smallest absolute Gasteiger partial charge is 0.261 e. The van der Waals surface area contributed by atoms with Gasteiger partial charge in [-0.25, -0.2) is 0 Å². The van der Waals surface area contributed by atoms with Crippen molar-refractivity contribution < 1.29 is 9.53 Å². The number of hydrogen-bond acceptors (Lipinski definition) is 3. The van der Waals surface area contributed by atoms with Crippen LogP contribution in [0.25, 0.3) is 17.0 Å². The summed E-state index contributed by atoms with van der Waals surface area (Å²) in [6, 6.07) is 23.1. The number of benzene rings is 3. The van der Waals surface area contributed by atoms with E-state index in [1.807, 2.05) is 79.0 Å². The number of fused-ring (bicyclic) bond motifs is 1. The molecule has 3 aromatic carbocycles. The Morgan fingerprint density at radius 3 is 2.71 bits per heavy atom. The number of carbonyl (C=O) groups excluding carboxylic acids is 1. The molecule has 2 N–H and O–H groups in total. The second-order valence-electron chi connectivity index (χ2n) is 7.61. The molecule has 1 heterocycles. The lowest BCUT2D eigenvalue weighted by molar-refractivity contribution is -0.117. The van der Waals surface area contributed by atoms with Crippen molar-refractivity contribution in [2.24, 2.45) is 0 Å². The molecule has 7 heteroatoms. The van der Waals surface area contributed by atoms with Crippen molar-refractivity contribution in [2.45, 2.75) is 13.0 Å². The van der Waals surface area contributed by atoms with Crippen molar-refractivity contribution in [3.05, 3.63) is 104 Å². The van der Waals surface area contributed by atoms with E-state index < -0.39 is 5.91 Å². The predicted molar refractivity (Wildman–Crippen MR) is 144 cm³/mol. The van der Waals surface area contributed by atoms with Crippen molar-refractivity contribution in [1.29, 1.82) is 5.26 Å². The summed E-state index contributed by atoms with van der Waals surface area (Å²) in [6.07, 6.45) is 4.21. The van der Waals surface area contributed by atoms with Gasteiger partial charge in [0.05, 0.1) is 3.57 Å². The number of rotatable bonds is 8. The third-order valence-electron chi connectivity index (χ3n) is 5.33. The fourth-order valence-electron chi connectivity index (χ4n) is 3.55. The van der Waals surface area contributed by atoms with Crippen LogP contribution in [0.1, 0.15) is 16.7 Å². The van der Waals surface area contributed by atoms with Crippen molar-refractivity contribution in [3.8, 4) is 11.8 Å². The summed E-state index contributed by atoms with van der Waals surface area (Å²) in [7, 11) is 0. The van der Waals surface area contributed by atoms with E-state index in [9.17, 15) is 10.1 Å². The molecule has 4 rings (SSSR count). The molecule has 0 unspecified atom stereocenters. The molecule has 0 bridgehead atoms. The number of para-hydroxylation sites is 1. The van der Waals surface area contributed by atoms with Gasteiger partial charge in [-0.15, -0.1) is 0 Å². The lowest BCUT2D eigenvalue weighted by atomic mass is 10.1. The maximum atomic E-state index is 12.6. The van der Waals surface area contributed by atoms with Gasteiger partial charge in [0, 0.05) is 34.2 Å². The fourth-order valence-corrected chi connectivity index (χ4v) is 4.44. The molecule has 5 nitrogen and oxygen atoms in total. The second kappa shape index (κ2) is 11.2. The minimum absolute atomic E-state index is 0.0551. The Hall–Kier alpha value is -3.28. The zero-order valence-electron chi connectivity index (χ0n) is 18.1. The minimum Gasteiger partial charge on any atom is -0.488 e. The molecule has 0 aliphatic rings. The van der Waals surface area contributed by atoms with Crippen molar-refractivity contribution in [1.82, 2.24) is 10.3 Å². The van der Waals surface area contributed by atoms with E-state index in [1.54, 1.807) is 6.08 Å². The summed E-state index contributed by atoms with van der Waals surface area (Å²) < 4.78 is 6.77. The zero-order valence-corrected chi connectivity index (χ0v) is 21.1. The largest absolute Gasteiger partial charge is 0.488 e. The first-order chi connectivity index (χ1) is 16.5. The van der Waals surface area contributed by atoms with Gasteiger partial charge in [-0.3, -0.25) is 4.79 Å². The molecule has 1 aromatic heterocycles. The summed E-state index contributed by atoms with van der Waals surface area (Å²) >= 11 is 8.36. The van der Waals surface area contributed by atoms with Gasteiger partial charge in [0.15, 0.2) is 0 Å². The number of nitrogens with zero attached hydrogens (tertiary/aromatic N) is 1. The molecule has 0 fully saturated rings. The SMILES string of the molecule is N#C/C(=C/c1ccc(OCc2ccccc2Cl)c(I)c1)C(=O)NCCc1c[nH]c2ccccc12. The Kier molecular flexibility index (Phi) is 7.88. The number of aromatic amines is 1. The van der Waals surface area contributed by atoms with E-state index in [-0.39, 0.29) is 5.57 Å². The third kappa shape index (κ3) is 5.79. The van der Waals surface area contributed by atoms with Crippen LogP contribution >= 0.6 is 34.2 Å². The monoisotopic (exact) mass is 581 g/mol. The third-order valence-corrected chi connectivity index (χ3v) is 6.54. The molecule has 0 saturated heterocycles. The molecular formula is C27H21ClIN3O2. The van der Waals surface area contributed by atoms with E-state index in [0.717, 1.165) is 31.2 Å². The Morgan fingerprint density at radius 1 is 1.12 bits per heavy atom. The van der Waals surface area contributed by atoms with Crippen LogP contribution in [0.4, 0.5) is 0 Å². The first-order valence-electron chi connectivity index (χ1n) is 10.7. The van der Waals surface area contributed by atoms with Crippen molar-refractivity contribution in [3.63, 3.8) is 0 Å². The van der Waals surface area contributed by atoms with Crippen LogP contribution in [0.3, 0.4) is 0 Å². The lowest BCUT2D eigenvalue weighted by Crippen LogP contribution is -2.26. The van der Waals surface area contributed by atoms with Gasteiger partial charge in [-0.1, -0.05) is 54.1 Å². The average molecular weight is 582 g/mol. The topological polar surface area (TPSA) is 77.9 Å². The van der Waals surface area contributed by atoms with Gasteiger partial charge in [-0.05, 0) is 70.5 Å². The van der Waals surface area contributed by atoms with Crippen LogP contribution in [-0.4, -0.2) is 17.4 Å². The van der Waals surface area contributed by atoms with Crippen LogP contribution in [0.2, 0.25) is 5.02 Å². The highest BCUT2D eigenvalue weighted by Crippen LogP contribution is 2.25. The van der Waals surface area contributed by atoms with E-state index in [0.29, 0.717) is 30.3 Å². The van der Waals surface area contributed by atoms with Crippen molar-refractivity contribution >= 4 is 57.1 Å². The van der Waals surface area contributed by atoms with Gasteiger partial charge in [-0.2, -0.15) is 5.26 Å². The number of amides is 1. The van der Waals surface area contributed by atoms with Crippen LogP contribution in [0.15, 0.2) is 78.5 Å². The van der Waals surface area contributed by atoms with E-state index in [2.05, 4.69) is 32.9 Å². The molecule has 0 spiro atoms. The van der Waals surface area contributed by atoms with Gasteiger partial charge < -0.3 is 15.0 Å². The van der Waals surface area contributed by atoms with Crippen LogP contribution in [0.5, 0.6) is 5.75 Å². The van der Waals surface area contributed by atoms with E-state index in [4.69, 9.17) is 16.3 Å². The highest BCUT2D eigenvalue weighted by molar-refractivity contribution is 14.1. The van der Waals surface area contributed by atoms with E-state index >= 15 is 0 Å². The normalized spacial score (nSPS) is 11.3. The number of H-pyrrole nitrogens is 1. The standard InChI is InChI=1S/C27H21ClIN3O2/c28-23-7-3-1-5-20(23)17-34-26-10-9-18(14-24(26)29)13-21(15-30)27(33)31-12-11-19-16-32-25-8-4-2-6-22(19)25/h1-10,13-14,16,32H,11-12,17H2,(H,31,33)/b21-13-. The second-order valence-corrected chi connectivity index (χ2v) is 9.17. The number of carbonyl (C=O) groups is 1. The summed E-state index contributed by atoms with van der Waals surface area (Å²) in [6.45, 7) is 0.791. The van der Waals surface area contributed by atoms with Gasteiger partial charge in [0.25, 0.3) is 5.91 Å². The Bertz CT molecular complexity index is 1400. The summed E-state index contributed by atoms with van der Waals surface area (Å²) in [5.74, 6) is 0.316. The zero-order chi connectivity index (χ0) is 23.9. The minimum atomic E-state index is -0.392. The van der Waals surface area contributed by atoms with Crippen LogP contribution in [0, 0.1) is 14.9 Å². The predicted octanol–water partition coefficient (Wildman–Crippen LogP) is 6.27. The molecule has 0 radical (unpaired) electrons.